The summed E-state index contributed by atoms with van der Waals surface area (Å²) in [6, 6.07) is 7.91. The second-order valence-corrected chi connectivity index (χ2v) is 4.97. The molecule has 2 rings (SSSR count). The Morgan fingerprint density at radius 1 is 1.28 bits per heavy atom. The molecule has 18 heavy (non-hydrogen) atoms. The summed E-state index contributed by atoms with van der Waals surface area (Å²) in [6.45, 7) is 3.01. The van der Waals surface area contributed by atoms with Gasteiger partial charge in [-0.15, -0.1) is 0 Å². The number of hydrogen-bond acceptors (Lipinski definition) is 3. The molecule has 2 N–H and O–H groups in total. The number of benzene rings is 1. The molecule has 0 atom stereocenters. The van der Waals surface area contributed by atoms with Gasteiger partial charge in [-0.2, -0.15) is 0 Å². The van der Waals surface area contributed by atoms with Gasteiger partial charge in [0.05, 0.1) is 0 Å². The first-order chi connectivity index (χ1) is 8.70. The minimum atomic E-state index is 0.464. The molecule has 4 heteroatoms. The van der Waals surface area contributed by atoms with Crippen LogP contribution >= 0.6 is 15.9 Å². The third-order valence-electron chi connectivity index (χ3n) is 2.67. The molecule has 0 aliphatic heterocycles. The van der Waals surface area contributed by atoms with Gasteiger partial charge in [-0.1, -0.05) is 15.9 Å². The van der Waals surface area contributed by atoms with E-state index in [-0.39, 0.29) is 0 Å². The molecule has 1 heterocycles. The van der Waals surface area contributed by atoms with Gasteiger partial charge in [-0.3, -0.25) is 4.98 Å². The second kappa shape index (κ2) is 5.98. The van der Waals surface area contributed by atoms with E-state index in [0.717, 1.165) is 26.9 Å². The lowest BCUT2D eigenvalue weighted by atomic mass is 10.1. The van der Waals surface area contributed by atoms with E-state index in [0.29, 0.717) is 13.2 Å². The summed E-state index contributed by atoms with van der Waals surface area (Å²) >= 11 is 3.46. The average Bonchev–Trinajstić information content (AvgIpc) is 2.38. The highest BCUT2D eigenvalue weighted by atomic mass is 79.9. The molecule has 2 aromatic rings. The quantitative estimate of drug-likeness (QED) is 0.943. The molecule has 1 aromatic heterocycles. The summed E-state index contributed by atoms with van der Waals surface area (Å²) in [5, 5.41) is 0. The maximum atomic E-state index is 5.87. The van der Waals surface area contributed by atoms with Gasteiger partial charge in [-0.05, 0) is 42.3 Å². The lowest BCUT2D eigenvalue weighted by Gasteiger charge is -2.14. The molecule has 0 saturated heterocycles. The summed E-state index contributed by atoms with van der Waals surface area (Å²) < 4.78 is 6.90. The van der Waals surface area contributed by atoms with E-state index >= 15 is 0 Å². The van der Waals surface area contributed by atoms with Crippen LogP contribution in [0.25, 0.3) is 0 Å². The molecule has 0 radical (unpaired) electrons. The molecule has 0 aliphatic rings. The molecule has 0 spiro atoms. The smallest absolute Gasteiger partial charge is 0.127 e. The molecule has 94 valence electrons. The summed E-state index contributed by atoms with van der Waals surface area (Å²) in [4.78, 5) is 3.98. The molecule has 0 fully saturated rings. The lowest BCUT2D eigenvalue weighted by Crippen LogP contribution is -2.04. The minimum Gasteiger partial charge on any atom is -0.488 e. The number of rotatable bonds is 4. The van der Waals surface area contributed by atoms with Crippen LogP contribution < -0.4 is 10.5 Å². The Hall–Kier alpha value is -1.39. The van der Waals surface area contributed by atoms with Crippen molar-refractivity contribution in [3.05, 3.63) is 57.8 Å². The van der Waals surface area contributed by atoms with Crippen molar-refractivity contribution in [2.75, 3.05) is 0 Å². The predicted octanol–water partition coefficient (Wildman–Crippen LogP) is 3.19. The van der Waals surface area contributed by atoms with Crippen molar-refractivity contribution in [3.63, 3.8) is 0 Å². The maximum Gasteiger partial charge on any atom is 0.127 e. The number of pyridine rings is 1. The Bertz CT molecular complexity index is 529. The zero-order valence-electron chi connectivity index (χ0n) is 10.2. The minimum absolute atomic E-state index is 0.464. The van der Waals surface area contributed by atoms with Crippen molar-refractivity contribution >= 4 is 15.9 Å². The van der Waals surface area contributed by atoms with Gasteiger partial charge in [0.1, 0.15) is 12.4 Å². The van der Waals surface area contributed by atoms with Crippen molar-refractivity contribution < 1.29 is 4.74 Å². The first-order valence-corrected chi connectivity index (χ1v) is 6.51. The third-order valence-corrected chi connectivity index (χ3v) is 3.13. The Kier molecular flexibility index (Phi) is 4.33. The van der Waals surface area contributed by atoms with Gasteiger partial charge in [0.15, 0.2) is 0 Å². The van der Waals surface area contributed by atoms with Gasteiger partial charge >= 0.3 is 0 Å². The second-order valence-electron chi connectivity index (χ2n) is 4.06. The molecular weight excluding hydrogens is 292 g/mol. The molecule has 0 unspecified atom stereocenters. The number of nitrogens with zero attached hydrogens (tertiary/aromatic N) is 1. The van der Waals surface area contributed by atoms with Crippen LogP contribution in [0.4, 0.5) is 0 Å². The molecule has 3 nitrogen and oxygen atoms in total. The summed E-state index contributed by atoms with van der Waals surface area (Å²) in [6.07, 6.45) is 3.52. The van der Waals surface area contributed by atoms with Crippen LogP contribution in [0.1, 0.15) is 16.7 Å². The fourth-order valence-electron chi connectivity index (χ4n) is 1.79. The highest BCUT2D eigenvalue weighted by Crippen LogP contribution is 2.28. The molecular formula is C14H15BrN2O. The Balaban J connectivity index is 2.19. The van der Waals surface area contributed by atoms with E-state index in [4.69, 9.17) is 10.5 Å². The Morgan fingerprint density at radius 3 is 2.67 bits per heavy atom. The van der Waals surface area contributed by atoms with Crippen LogP contribution in [-0.2, 0) is 13.2 Å². The number of ether oxygens (including phenoxy) is 1. The van der Waals surface area contributed by atoms with E-state index in [1.165, 1.54) is 0 Å². The molecule has 1 aromatic carbocycles. The fourth-order valence-corrected chi connectivity index (χ4v) is 2.41. The van der Waals surface area contributed by atoms with E-state index in [9.17, 15) is 0 Å². The van der Waals surface area contributed by atoms with Gasteiger partial charge in [0.2, 0.25) is 0 Å². The number of nitrogens with two attached hydrogens (primary N) is 1. The van der Waals surface area contributed by atoms with E-state index in [2.05, 4.69) is 20.9 Å². The van der Waals surface area contributed by atoms with Crippen molar-refractivity contribution in [2.45, 2.75) is 20.1 Å². The normalized spacial score (nSPS) is 10.4. The first-order valence-electron chi connectivity index (χ1n) is 5.71. The van der Waals surface area contributed by atoms with Crippen LogP contribution in [0.3, 0.4) is 0 Å². The number of aryl methyl sites for hydroxylation is 1. The van der Waals surface area contributed by atoms with Gasteiger partial charge < -0.3 is 10.5 Å². The highest BCUT2D eigenvalue weighted by molar-refractivity contribution is 9.10. The number of aromatic nitrogens is 1. The van der Waals surface area contributed by atoms with E-state index < -0.39 is 0 Å². The summed E-state index contributed by atoms with van der Waals surface area (Å²) in [5.41, 5.74) is 8.93. The Labute approximate surface area is 115 Å². The average molecular weight is 307 g/mol. The number of hydrogen-bond donors (Lipinski definition) is 1. The largest absolute Gasteiger partial charge is 0.488 e. The monoisotopic (exact) mass is 306 g/mol. The van der Waals surface area contributed by atoms with Crippen LogP contribution in [0.2, 0.25) is 0 Å². The molecule has 0 aliphatic carbocycles. The molecule has 0 saturated carbocycles. The van der Waals surface area contributed by atoms with Crippen LogP contribution in [0.5, 0.6) is 5.75 Å². The topological polar surface area (TPSA) is 48.1 Å². The van der Waals surface area contributed by atoms with Crippen LogP contribution in [-0.4, -0.2) is 4.98 Å². The van der Waals surface area contributed by atoms with Gasteiger partial charge in [0, 0.05) is 29.0 Å². The Morgan fingerprint density at radius 2 is 2.00 bits per heavy atom. The molecule has 0 amide bonds. The van der Waals surface area contributed by atoms with Crippen molar-refractivity contribution in [1.29, 1.82) is 0 Å². The lowest BCUT2D eigenvalue weighted by molar-refractivity contribution is 0.300. The maximum absolute atomic E-state index is 5.87. The van der Waals surface area contributed by atoms with Crippen LogP contribution in [0.15, 0.2) is 41.1 Å². The summed E-state index contributed by atoms with van der Waals surface area (Å²) in [7, 11) is 0. The van der Waals surface area contributed by atoms with Crippen molar-refractivity contribution in [1.82, 2.24) is 4.98 Å². The van der Waals surface area contributed by atoms with E-state index in [1.54, 1.807) is 12.4 Å². The van der Waals surface area contributed by atoms with Crippen molar-refractivity contribution in [3.8, 4) is 5.75 Å². The zero-order chi connectivity index (χ0) is 13.0. The fraction of sp³-hybridized carbons (Fsp3) is 0.214. The van der Waals surface area contributed by atoms with Gasteiger partial charge in [-0.25, -0.2) is 0 Å². The number of halogens is 1. The van der Waals surface area contributed by atoms with Crippen molar-refractivity contribution in [2.24, 2.45) is 5.73 Å². The van der Waals surface area contributed by atoms with Gasteiger partial charge in [0.25, 0.3) is 0 Å². The zero-order valence-corrected chi connectivity index (χ0v) is 11.8. The first kappa shape index (κ1) is 13.1. The highest BCUT2D eigenvalue weighted by Gasteiger charge is 2.08. The third kappa shape index (κ3) is 3.09. The van der Waals surface area contributed by atoms with E-state index in [1.807, 2.05) is 31.2 Å². The SMILES string of the molecule is Cc1cc(Br)cc(CN)c1OCc1ccncc1. The molecule has 0 bridgehead atoms. The summed E-state index contributed by atoms with van der Waals surface area (Å²) in [5.74, 6) is 0.873. The standard InChI is InChI=1S/C14H15BrN2O/c1-10-6-13(15)7-12(8-16)14(10)18-9-11-2-4-17-5-3-11/h2-7H,8-9,16H2,1H3. The predicted molar refractivity (Wildman–Crippen MR) is 75.3 cm³/mol. The van der Waals surface area contributed by atoms with Crippen LogP contribution in [0, 0.1) is 6.92 Å².